The first-order valence-electron chi connectivity index (χ1n) is 10.1. The van der Waals surface area contributed by atoms with E-state index in [2.05, 4.69) is 15.8 Å². The Hall–Kier alpha value is -4.79. The van der Waals surface area contributed by atoms with Crippen LogP contribution in [0.2, 0.25) is 0 Å². The molecular formula is C25H23N3O6. The number of phenolic OH excluding ortho intramolecular Hbond substituents is 2. The fraction of sp³-hybridized carbons (Fsp3) is 0.0800. The molecule has 3 aromatic carbocycles. The van der Waals surface area contributed by atoms with Crippen molar-refractivity contribution in [1.82, 2.24) is 10.7 Å². The van der Waals surface area contributed by atoms with Gasteiger partial charge in [-0.05, 0) is 48.0 Å². The fourth-order valence-corrected chi connectivity index (χ4v) is 2.91. The van der Waals surface area contributed by atoms with E-state index in [1.807, 2.05) is 0 Å². The molecule has 0 saturated heterocycles. The van der Waals surface area contributed by atoms with Gasteiger partial charge in [0.2, 0.25) is 0 Å². The summed E-state index contributed by atoms with van der Waals surface area (Å²) >= 11 is 0. The number of rotatable bonds is 8. The maximum atomic E-state index is 12.9. The van der Waals surface area contributed by atoms with E-state index in [1.165, 1.54) is 38.6 Å². The second-order valence-electron chi connectivity index (χ2n) is 6.93. The molecule has 0 aromatic heterocycles. The lowest BCUT2D eigenvalue weighted by atomic mass is 10.1. The van der Waals surface area contributed by atoms with E-state index in [0.29, 0.717) is 22.6 Å². The third kappa shape index (κ3) is 6.13. The molecule has 174 valence electrons. The normalized spacial score (nSPS) is 11.2. The van der Waals surface area contributed by atoms with E-state index in [-0.39, 0.29) is 22.8 Å². The second kappa shape index (κ2) is 11.2. The molecule has 34 heavy (non-hydrogen) atoms. The Morgan fingerprint density at radius 2 is 1.65 bits per heavy atom. The summed E-state index contributed by atoms with van der Waals surface area (Å²) in [4.78, 5) is 25.5. The molecule has 0 aliphatic heterocycles. The molecule has 3 rings (SSSR count). The van der Waals surface area contributed by atoms with E-state index in [9.17, 15) is 19.8 Å². The SMILES string of the molecule is COc1ccc(/C=C(/NC(=O)c2ccccc2)C(=O)N/N=C/c2ccc(O)cc2O)cc1OC. The van der Waals surface area contributed by atoms with Crippen LogP contribution in [0, 0.1) is 0 Å². The Morgan fingerprint density at radius 1 is 0.912 bits per heavy atom. The topological polar surface area (TPSA) is 129 Å². The third-order valence-corrected chi connectivity index (χ3v) is 4.63. The minimum atomic E-state index is -0.700. The first kappa shape index (κ1) is 23.9. The minimum Gasteiger partial charge on any atom is -0.508 e. The van der Waals surface area contributed by atoms with Crippen molar-refractivity contribution < 1.29 is 29.3 Å². The number of hydrogen-bond acceptors (Lipinski definition) is 7. The molecule has 0 fully saturated rings. The van der Waals surface area contributed by atoms with E-state index >= 15 is 0 Å². The summed E-state index contributed by atoms with van der Waals surface area (Å²) in [6.07, 6.45) is 2.67. The standard InChI is InChI=1S/C25H23N3O6/c1-33-22-11-8-16(13-23(22)34-2)12-20(27-24(31)17-6-4-3-5-7-17)25(32)28-26-15-18-9-10-19(29)14-21(18)30/h3-15,29-30H,1-2H3,(H,27,31)(H,28,32)/b20-12+,26-15+. The van der Waals surface area contributed by atoms with Crippen LogP contribution in [-0.2, 0) is 4.79 Å². The first-order chi connectivity index (χ1) is 16.4. The number of nitrogens with zero attached hydrogens (tertiary/aromatic N) is 1. The number of carbonyl (C=O) groups excluding carboxylic acids is 2. The molecule has 0 saturated carbocycles. The predicted molar refractivity (Wildman–Crippen MR) is 127 cm³/mol. The van der Waals surface area contributed by atoms with Gasteiger partial charge in [-0.3, -0.25) is 9.59 Å². The highest BCUT2D eigenvalue weighted by Gasteiger charge is 2.15. The highest BCUT2D eigenvalue weighted by atomic mass is 16.5. The van der Waals surface area contributed by atoms with Crippen molar-refractivity contribution in [2.24, 2.45) is 5.10 Å². The largest absolute Gasteiger partial charge is 0.508 e. The summed E-state index contributed by atoms with van der Waals surface area (Å²) in [5.41, 5.74) is 3.45. The Labute approximate surface area is 196 Å². The van der Waals surface area contributed by atoms with Crippen molar-refractivity contribution in [1.29, 1.82) is 0 Å². The van der Waals surface area contributed by atoms with Gasteiger partial charge in [-0.25, -0.2) is 5.43 Å². The van der Waals surface area contributed by atoms with Gasteiger partial charge in [0.15, 0.2) is 11.5 Å². The van der Waals surface area contributed by atoms with E-state index in [0.717, 1.165) is 6.07 Å². The van der Waals surface area contributed by atoms with Crippen LogP contribution in [0.3, 0.4) is 0 Å². The number of ether oxygens (including phenoxy) is 2. The van der Waals surface area contributed by atoms with Crippen LogP contribution >= 0.6 is 0 Å². The second-order valence-corrected chi connectivity index (χ2v) is 6.93. The average Bonchev–Trinajstić information content (AvgIpc) is 2.85. The van der Waals surface area contributed by atoms with Crippen molar-refractivity contribution in [3.63, 3.8) is 0 Å². The number of phenols is 2. The Balaban J connectivity index is 1.87. The molecule has 0 aliphatic carbocycles. The van der Waals surface area contributed by atoms with Gasteiger partial charge in [0, 0.05) is 17.2 Å². The van der Waals surface area contributed by atoms with Gasteiger partial charge in [0.05, 0.1) is 20.4 Å². The van der Waals surface area contributed by atoms with Crippen molar-refractivity contribution in [3.05, 3.63) is 89.1 Å². The molecule has 0 aliphatic rings. The van der Waals surface area contributed by atoms with Crippen LogP contribution in [0.1, 0.15) is 21.5 Å². The lowest BCUT2D eigenvalue weighted by Gasteiger charge is -2.11. The van der Waals surface area contributed by atoms with E-state index in [4.69, 9.17) is 9.47 Å². The first-order valence-corrected chi connectivity index (χ1v) is 10.1. The van der Waals surface area contributed by atoms with Gasteiger partial charge in [0.1, 0.15) is 17.2 Å². The smallest absolute Gasteiger partial charge is 0.287 e. The molecule has 2 amide bonds. The number of amides is 2. The van der Waals surface area contributed by atoms with Crippen molar-refractivity contribution in [2.45, 2.75) is 0 Å². The van der Waals surface area contributed by atoms with Gasteiger partial charge in [-0.2, -0.15) is 5.10 Å². The van der Waals surface area contributed by atoms with E-state index in [1.54, 1.807) is 48.5 Å². The fourth-order valence-electron chi connectivity index (χ4n) is 2.91. The van der Waals surface area contributed by atoms with Gasteiger partial charge in [0.25, 0.3) is 11.8 Å². The number of benzene rings is 3. The number of hydrazone groups is 1. The highest BCUT2D eigenvalue weighted by Crippen LogP contribution is 2.28. The zero-order valence-corrected chi connectivity index (χ0v) is 18.5. The molecule has 9 nitrogen and oxygen atoms in total. The molecule has 0 spiro atoms. The molecular weight excluding hydrogens is 438 g/mol. The van der Waals surface area contributed by atoms with Crippen LogP contribution < -0.4 is 20.2 Å². The number of aromatic hydroxyl groups is 2. The molecule has 0 bridgehead atoms. The van der Waals surface area contributed by atoms with Crippen LogP contribution in [-0.4, -0.2) is 42.5 Å². The van der Waals surface area contributed by atoms with Crippen LogP contribution in [0.4, 0.5) is 0 Å². The maximum absolute atomic E-state index is 12.9. The van der Waals surface area contributed by atoms with Crippen molar-refractivity contribution in [3.8, 4) is 23.0 Å². The molecule has 9 heteroatoms. The zero-order chi connectivity index (χ0) is 24.5. The lowest BCUT2D eigenvalue weighted by Crippen LogP contribution is -2.32. The molecule has 0 radical (unpaired) electrons. The average molecular weight is 461 g/mol. The maximum Gasteiger partial charge on any atom is 0.287 e. The Bertz CT molecular complexity index is 1240. The summed E-state index contributed by atoms with van der Waals surface area (Å²) in [5, 5.41) is 25.6. The Morgan fingerprint density at radius 3 is 2.32 bits per heavy atom. The number of carbonyl (C=O) groups is 2. The molecule has 4 N–H and O–H groups in total. The van der Waals surface area contributed by atoms with Crippen LogP contribution in [0.15, 0.2) is 77.5 Å². The quantitative estimate of drug-likeness (QED) is 0.232. The number of nitrogens with one attached hydrogen (secondary N) is 2. The monoisotopic (exact) mass is 461 g/mol. The summed E-state index contributed by atoms with van der Waals surface area (Å²) in [6.45, 7) is 0. The third-order valence-electron chi connectivity index (χ3n) is 4.63. The van der Waals surface area contributed by atoms with Crippen molar-refractivity contribution in [2.75, 3.05) is 14.2 Å². The number of methoxy groups -OCH3 is 2. The molecule has 3 aromatic rings. The van der Waals surface area contributed by atoms with Gasteiger partial charge in [-0.15, -0.1) is 0 Å². The summed E-state index contributed by atoms with van der Waals surface area (Å²) < 4.78 is 10.5. The van der Waals surface area contributed by atoms with Crippen molar-refractivity contribution >= 4 is 24.1 Å². The summed E-state index contributed by atoms with van der Waals surface area (Å²) in [5.74, 6) is -0.543. The van der Waals surface area contributed by atoms with Crippen LogP contribution in [0.5, 0.6) is 23.0 Å². The highest BCUT2D eigenvalue weighted by molar-refractivity contribution is 6.05. The lowest BCUT2D eigenvalue weighted by molar-refractivity contribution is -0.117. The summed E-state index contributed by atoms with van der Waals surface area (Å²) in [6, 6.07) is 17.4. The van der Waals surface area contributed by atoms with Gasteiger partial charge >= 0.3 is 0 Å². The number of hydrogen-bond donors (Lipinski definition) is 4. The molecule has 0 atom stereocenters. The molecule has 0 unspecified atom stereocenters. The van der Waals surface area contributed by atoms with Gasteiger partial charge in [-0.1, -0.05) is 24.3 Å². The predicted octanol–water partition coefficient (Wildman–Crippen LogP) is 3.04. The molecule has 0 heterocycles. The minimum absolute atomic E-state index is 0.0758. The van der Waals surface area contributed by atoms with E-state index < -0.39 is 11.8 Å². The van der Waals surface area contributed by atoms with Gasteiger partial charge < -0.3 is 25.0 Å². The Kier molecular flexibility index (Phi) is 7.85. The zero-order valence-electron chi connectivity index (χ0n) is 18.5. The summed E-state index contributed by atoms with van der Waals surface area (Å²) in [7, 11) is 3.00. The van der Waals surface area contributed by atoms with Crippen LogP contribution in [0.25, 0.3) is 6.08 Å².